The molecule has 30 heavy (non-hydrogen) atoms. The van der Waals surface area contributed by atoms with Crippen LogP contribution < -0.4 is 10.1 Å². The summed E-state index contributed by atoms with van der Waals surface area (Å²) in [5.41, 5.74) is 3.87. The molecule has 0 fully saturated rings. The van der Waals surface area contributed by atoms with Crippen molar-refractivity contribution in [2.24, 2.45) is 7.05 Å². The van der Waals surface area contributed by atoms with Crippen LogP contribution in [-0.4, -0.2) is 24.5 Å². The Hall–Kier alpha value is -3.42. The molecule has 0 radical (unpaired) electrons. The summed E-state index contributed by atoms with van der Waals surface area (Å²) in [7, 11) is 1.95. The standard InChI is InChI=1S/C21H14Cl2N6O/c1-29-11-26-16-9-13(3-5-17(16)29)30-18-6-2-12(8-14(18)22)27-21-20-15(24-10-25-21)4-7-19(23)28-20/h2-11H,1H3,(H,24,25,27). The lowest BCUT2D eigenvalue weighted by Crippen LogP contribution is -1.98. The Balaban J connectivity index is 1.41. The average molecular weight is 437 g/mol. The summed E-state index contributed by atoms with van der Waals surface area (Å²) in [6.45, 7) is 0. The molecular weight excluding hydrogens is 423 g/mol. The number of fused-ring (bicyclic) bond motifs is 2. The summed E-state index contributed by atoms with van der Waals surface area (Å²) in [5.74, 6) is 1.73. The van der Waals surface area contributed by atoms with E-state index in [9.17, 15) is 0 Å². The van der Waals surface area contributed by atoms with Crippen LogP contribution in [0.5, 0.6) is 11.5 Å². The van der Waals surface area contributed by atoms with Gasteiger partial charge in [-0.1, -0.05) is 23.2 Å². The topological polar surface area (TPSA) is 77.8 Å². The quantitative estimate of drug-likeness (QED) is 0.361. The molecule has 0 spiro atoms. The number of nitrogens with one attached hydrogen (secondary N) is 1. The number of nitrogens with zero attached hydrogens (tertiary/aromatic N) is 5. The second-order valence-corrected chi connectivity index (χ2v) is 7.40. The summed E-state index contributed by atoms with van der Waals surface area (Å²) in [5, 5.41) is 4.03. The number of halogens is 2. The number of hydrogen-bond acceptors (Lipinski definition) is 6. The second-order valence-electron chi connectivity index (χ2n) is 6.60. The number of benzene rings is 2. The highest BCUT2D eigenvalue weighted by Gasteiger charge is 2.10. The summed E-state index contributed by atoms with van der Waals surface area (Å²) < 4.78 is 7.90. The van der Waals surface area contributed by atoms with E-state index in [1.54, 1.807) is 30.6 Å². The molecule has 3 aromatic heterocycles. The van der Waals surface area contributed by atoms with Crippen LogP contribution >= 0.6 is 23.2 Å². The van der Waals surface area contributed by atoms with Crippen molar-refractivity contribution in [2.45, 2.75) is 0 Å². The van der Waals surface area contributed by atoms with E-state index in [0.29, 0.717) is 38.5 Å². The molecule has 7 nitrogen and oxygen atoms in total. The average Bonchev–Trinajstić information content (AvgIpc) is 3.11. The SMILES string of the molecule is Cn1cnc2cc(Oc3ccc(Nc4ncnc5ccc(Cl)nc45)cc3Cl)ccc21. The third-order valence-corrected chi connectivity index (χ3v) is 5.07. The highest BCUT2D eigenvalue weighted by molar-refractivity contribution is 6.32. The van der Waals surface area contributed by atoms with Gasteiger partial charge in [0.15, 0.2) is 5.82 Å². The number of anilines is 2. The molecule has 0 saturated carbocycles. The zero-order chi connectivity index (χ0) is 20.7. The van der Waals surface area contributed by atoms with Gasteiger partial charge in [-0.25, -0.2) is 19.9 Å². The Kier molecular flexibility index (Phi) is 4.61. The predicted molar refractivity (Wildman–Crippen MR) is 118 cm³/mol. The van der Waals surface area contributed by atoms with Crippen molar-refractivity contribution in [1.29, 1.82) is 0 Å². The lowest BCUT2D eigenvalue weighted by Gasteiger charge is -2.11. The predicted octanol–water partition coefficient (Wildman–Crippen LogP) is 5.75. The minimum atomic E-state index is 0.368. The molecular formula is C21H14Cl2N6O. The fourth-order valence-corrected chi connectivity index (χ4v) is 3.48. The van der Waals surface area contributed by atoms with Crippen molar-refractivity contribution in [3.63, 3.8) is 0 Å². The maximum absolute atomic E-state index is 6.46. The van der Waals surface area contributed by atoms with Crippen LogP contribution in [0.4, 0.5) is 11.5 Å². The molecule has 1 N–H and O–H groups in total. The minimum absolute atomic E-state index is 0.368. The molecule has 0 aliphatic heterocycles. The molecule has 5 rings (SSSR count). The summed E-state index contributed by atoms with van der Waals surface area (Å²) in [4.78, 5) is 17.1. The number of hydrogen-bond donors (Lipinski definition) is 1. The van der Waals surface area contributed by atoms with E-state index in [1.165, 1.54) is 6.33 Å². The fraction of sp³-hybridized carbons (Fsp3) is 0.0476. The molecule has 0 amide bonds. The first-order chi connectivity index (χ1) is 14.6. The molecule has 0 bridgehead atoms. The van der Waals surface area contributed by atoms with Gasteiger partial charge in [0.05, 0.1) is 27.9 Å². The van der Waals surface area contributed by atoms with Crippen molar-refractivity contribution in [1.82, 2.24) is 24.5 Å². The summed E-state index contributed by atoms with van der Waals surface area (Å²) >= 11 is 12.5. The first kappa shape index (κ1) is 18.6. The highest BCUT2D eigenvalue weighted by atomic mass is 35.5. The smallest absolute Gasteiger partial charge is 0.160 e. The van der Waals surface area contributed by atoms with Crippen LogP contribution in [0.25, 0.3) is 22.1 Å². The monoisotopic (exact) mass is 436 g/mol. The molecule has 2 aromatic carbocycles. The molecule has 0 atom stereocenters. The first-order valence-corrected chi connectivity index (χ1v) is 9.75. The van der Waals surface area contributed by atoms with Gasteiger partial charge in [-0.05, 0) is 42.5 Å². The van der Waals surface area contributed by atoms with Crippen molar-refractivity contribution < 1.29 is 4.74 Å². The second kappa shape index (κ2) is 7.44. The van der Waals surface area contributed by atoms with Crippen molar-refractivity contribution in [3.05, 3.63) is 71.4 Å². The van der Waals surface area contributed by atoms with Crippen LogP contribution in [-0.2, 0) is 7.05 Å². The van der Waals surface area contributed by atoms with E-state index < -0.39 is 0 Å². The Morgan fingerprint density at radius 2 is 1.83 bits per heavy atom. The maximum atomic E-state index is 6.46. The van der Waals surface area contributed by atoms with E-state index in [1.807, 2.05) is 35.9 Å². The van der Waals surface area contributed by atoms with Gasteiger partial charge in [-0.2, -0.15) is 0 Å². The van der Waals surface area contributed by atoms with E-state index in [2.05, 4.69) is 25.3 Å². The number of ether oxygens (including phenoxy) is 1. The molecule has 0 aliphatic carbocycles. The third kappa shape index (κ3) is 3.49. The highest BCUT2D eigenvalue weighted by Crippen LogP contribution is 2.34. The number of aryl methyl sites for hydroxylation is 1. The van der Waals surface area contributed by atoms with Crippen LogP contribution in [0.2, 0.25) is 10.2 Å². The van der Waals surface area contributed by atoms with Gasteiger partial charge < -0.3 is 14.6 Å². The van der Waals surface area contributed by atoms with E-state index in [0.717, 1.165) is 16.7 Å². The molecule has 3 heterocycles. The minimum Gasteiger partial charge on any atom is -0.456 e. The molecule has 148 valence electrons. The van der Waals surface area contributed by atoms with Crippen molar-refractivity contribution >= 4 is 56.8 Å². The lowest BCUT2D eigenvalue weighted by molar-refractivity contribution is 0.483. The Labute approximate surface area is 181 Å². The third-order valence-electron chi connectivity index (χ3n) is 4.57. The summed E-state index contributed by atoms with van der Waals surface area (Å²) in [6, 6.07) is 14.6. The van der Waals surface area contributed by atoms with Crippen LogP contribution in [0.3, 0.4) is 0 Å². The summed E-state index contributed by atoms with van der Waals surface area (Å²) in [6.07, 6.45) is 3.23. The van der Waals surface area contributed by atoms with Gasteiger partial charge >= 0.3 is 0 Å². The van der Waals surface area contributed by atoms with Gasteiger partial charge in [-0.3, -0.25) is 0 Å². The molecule has 9 heteroatoms. The number of aromatic nitrogens is 5. The number of pyridine rings is 1. The maximum Gasteiger partial charge on any atom is 0.160 e. The fourth-order valence-electron chi connectivity index (χ4n) is 3.11. The molecule has 0 unspecified atom stereocenters. The van der Waals surface area contributed by atoms with Gasteiger partial charge in [0.1, 0.15) is 28.5 Å². The molecule has 0 saturated heterocycles. The molecule has 0 aliphatic rings. The van der Waals surface area contributed by atoms with Crippen molar-refractivity contribution in [3.8, 4) is 11.5 Å². The Bertz CT molecular complexity index is 1400. The van der Waals surface area contributed by atoms with Crippen LogP contribution in [0.1, 0.15) is 0 Å². The van der Waals surface area contributed by atoms with Gasteiger partial charge in [0.2, 0.25) is 0 Å². The zero-order valence-corrected chi connectivity index (χ0v) is 17.2. The van der Waals surface area contributed by atoms with Gasteiger partial charge in [0.25, 0.3) is 0 Å². The Morgan fingerprint density at radius 3 is 2.70 bits per heavy atom. The normalized spacial score (nSPS) is 11.2. The van der Waals surface area contributed by atoms with E-state index >= 15 is 0 Å². The lowest BCUT2D eigenvalue weighted by atomic mass is 10.2. The van der Waals surface area contributed by atoms with Crippen LogP contribution in [0, 0.1) is 0 Å². The van der Waals surface area contributed by atoms with Crippen LogP contribution in [0.15, 0.2) is 61.2 Å². The first-order valence-electron chi connectivity index (χ1n) is 8.99. The number of imidazole rings is 1. The van der Waals surface area contributed by atoms with Crippen molar-refractivity contribution in [2.75, 3.05) is 5.32 Å². The zero-order valence-electron chi connectivity index (χ0n) is 15.7. The Morgan fingerprint density at radius 1 is 0.933 bits per heavy atom. The largest absolute Gasteiger partial charge is 0.456 e. The van der Waals surface area contributed by atoms with Gasteiger partial charge in [0, 0.05) is 18.8 Å². The number of rotatable bonds is 4. The van der Waals surface area contributed by atoms with Gasteiger partial charge in [-0.15, -0.1) is 0 Å². The van der Waals surface area contributed by atoms with E-state index in [-0.39, 0.29) is 0 Å². The van der Waals surface area contributed by atoms with E-state index in [4.69, 9.17) is 27.9 Å². The molecule has 5 aromatic rings.